The van der Waals surface area contributed by atoms with E-state index in [1.807, 2.05) is 24.3 Å². The molecule has 94 valence electrons. The Kier molecular flexibility index (Phi) is 4.53. The second-order valence-corrected chi connectivity index (χ2v) is 4.48. The van der Waals surface area contributed by atoms with E-state index in [1.165, 1.54) is 5.56 Å². The number of benzene rings is 1. The molecule has 1 N–H and O–H groups in total. The first-order chi connectivity index (χ1) is 8.78. The first-order valence-electron chi connectivity index (χ1n) is 6.09. The van der Waals surface area contributed by atoms with Crippen molar-refractivity contribution in [3.63, 3.8) is 0 Å². The Morgan fingerprint density at radius 2 is 1.94 bits per heavy atom. The molecule has 0 bridgehead atoms. The van der Waals surface area contributed by atoms with Crippen molar-refractivity contribution in [2.24, 2.45) is 0 Å². The molecule has 1 heterocycles. The summed E-state index contributed by atoms with van der Waals surface area (Å²) in [5.41, 5.74) is 2.17. The third kappa shape index (κ3) is 3.70. The molecule has 0 radical (unpaired) electrons. The van der Waals surface area contributed by atoms with E-state index in [1.54, 1.807) is 0 Å². The number of halogens is 1. The summed E-state index contributed by atoms with van der Waals surface area (Å²) in [4.78, 5) is 8.61. The van der Waals surface area contributed by atoms with Crippen LogP contribution in [0.25, 0.3) is 0 Å². The van der Waals surface area contributed by atoms with Crippen LogP contribution >= 0.6 is 11.6 Å². The molecule has 0 spiro atoms. The van der Waals surface area contributed by atoms with Crippen LogP contribution in [0.15, 0.2) is 36.4 Å². The normalized spacial score (nSPS) is 10.3. The maximum absolute atomic E-state index is 5.98. The van der Waals surface area contributed by atoms with Crippen molar-refractivity contribution >= 4 is 17.5 Å². The summed E-state index contributed by atoms with van der Waals surface area (Å²) in [5, 5.41) is 3.68. The van der Waals surface area contributed by atoms with Crippen molar-refractivity contribution in [1.82, 2.24) is 9.97 Å². The molecule has 0 aliphatic carbocycles. The second-order valence-electron chi connectivity index (χ2n) is 4.09. The predicted molar refractivity (Wildman–Crippen MR) is 74.8 cm³/mol. The molecule has 0 saturated carbocycles. The predicted octanol–water partition coefficient (Wildman–Crippen LogP) is 3.69. The summed E-state index contributed by atoms with van der Waals surface area (Å²) >= 11 is 5.98. The number of nitrogens with one attached hydrogen (secondary N) is 1. The van der Waals surface area contributed by atoms with Gasteiger partial charge < -0.3 is 5.32 Å². The van der Waals surface area contributed by atoms with Crippen molar-refractivity contribution < 1.29 is 0 Å². The van der Waals surface area contributed by atoms with Gasteiger partial charge in [-0.1, -0.05) is 55.3 Å². The Morgan fingerprint density at radius 3 is 2.67 bits per heavy atom. The summed E-state index contributed by atoms with van der Waals surface area (Å²) < 4.78 is 0. The molecular formula is C14H16ClN3. The molecule has 0 fully saturated rings. The van der Waals surface area contributed by atoms with Crippen LogP contribution in [0.4, 0.5) is 5.95 Å². The van der Waals surface area contributed by atoms with Crippen LogP contribution in [-0.4, -0.2) is 9.97 Å². The second kappa shape index (κ2) is 6.36. The van der Waals surface area contributed by atoms with Gasteiger partial charge in [0, 0.05) is 12.2 Å². The average molecular weight is 262 g/mol. The Morgan fingerprint density at radius 1 is 1.17 bits per heavy atom. The minimum Gasteiger partial charge on any atom is -0.350 e. The molecule has 2 aromatic rings. The topological polar surface area (TPSA) is 37.8 Å². The number of nitrogens with zero attached hydrogens (tertiary/aromatic N) is 2. The highest BCUT2D eigenvalue weighted by Gasteiger charge is 2.02. The van der Waals surface area contributed by atoms with Crippen LogP contribution < -0.4 is 5.32 Å². The van der Waals surface area contributed by atoms with Crippen LogP contribution in [-0.2, 0) is 13.0 Å². The van der Waals surface area contributed by atoms with E-state index in [2.05, 4.69) is 34.3 Å². The molecule has 3 nitrogen and oxygen atoms in total. The average Bonchev–Trinajstić information content (AvgIpc) is 2.37. The molecule has 1 aromatic carbocycles. The largest absolute Gasteiger partial charge is 0.350 e. The number of aryl methyl sites for hydroxylation is 1. The molecule has 0 aliphatic rings. The maximum atomic E-state index is 5.98. The van der Waals surface area contributed by atoms with Gasteiger partial charge in [0.15, 0.2) is 0 Å². The number of rotatable bonds is 5. The third-order valence-corrected chi connectivity index (χ3v) is 2.74. The van der Waals surface area contributed by atoms with E-state index < -0.39 is 0 Å². The number of aromatic nitrogens is 2. The Bertz CT molecular complexity index is 500. The molecule has 0 saturated heterocycles. The zero-order chi connectivity index (χ0) is 12.8. The molecule has 4 heteroatoms. The van der Waals surface area contributed by atoms with Crippen molar-refractivity contribution in [2.45, 2.75) is 26.3 Å². The highest BCUT2D eigenvalue weighted by molar-refractivity contribution is 6.29. The molecule has 0 unspecified atom stereocenters. The summed E-state index contributed by atoms with van der Waals surface area (Å²) in [5.74, 6) is 0.592. The van der Waals surface area contributed by atoms with Crippen molar-refractivity contribution in [2.75, 3.05) is 5.32 Å². The lowest BCUT2D eigenvalue weighted by Gasteiger charge is -2.07. The summed E-state index contributed by atoms with van der Waals surface area (Å²) in [7, 11) is 0. The number of hydrogen-bond donors (Lipinski definition) is 1. The fourth-order valence-corrected chi connectivity index (χ4v) is 1.91. The zero-order valence-corrected chi connectivity index (χ0v) is 11.1. The van der Waals surface area contributed by atoms with Crippen LogP contribution in [0.1, 0.15) is 24.6 Å². The van der Waals surface area contributed by atoms with Gasteiger partial charge in [-0.15, -0.1) is 0 Å². The van der Waals surface area contributed by atoms with Gasteiger partial charge in [-0.3, -0.25) is 0 Å². The molecule has 1 aromatic heterocycles. The SMILES string of the molecule is CCCc1cc(Cl)nc(NCc2ccccc2)n1. The molecule has 2 rings (SSSR count). The molecule has 0 atom stereocenters. The van der Waals surface area contributed by atoms with Gasteiger partial charge >= 0.3 is 0 Å². The minimum absolute atomic E-state index is 0.490. The third-order valence-electron chi connectivity index (χ3n) is 2.55. The lowest BCUT2D eigenvalue weighted by Crippen LogP contribution is -2.05. The van der Waals surface area contributed by atoms with Gasteiger partial charge in [0.2, 0.25) is 5.95 Å². The van der Waals surface area contributed by atoms with Crippen LogP contribution in [0.2, 0.25) is 5.15 Å². The lowest BCUT2D eigenvalue weighted by atomic mass is 10.2. The summed E-state index contributed by atoms with van der Waals surface area (Å²) in [6, 6.07) is 12.0. The molecular weight excluding hydrogens is 246 g/mol. The van der Waals surface area contributed by atoms with E-state index >= 15 is 0 Å². The van der Waals surface area contributed by atoms with Gasteiger partial charge in [-0.2, -0.15) is 0 Å². The summed E-state index contributed by atoms with van der Waals surface area (Å²) in [6.07, 6.45) is 1.97. The van der Waals surface area contributed by atoms with Crippen molar-refractivity contribution in [3.8, 4) is 0 Å². The monoisotopic (exact) mass is 261 g/mol. The smallest absolute Gasteiger partial charge is 0.224 e. The van der Waals surface area contributed by atoms with E-state index in [4.69, 9.17) is 11.6 Å². The maximum Gasteiger partial charge on any atom is 0.224 e. The minimum atomic E-state index is 0.490. The van der Waals surface area contributed by atoms with Crippen LogP contribution in [0.5, 0.6) is 0 Å². The standard InChI is InChI=1S/C14H16ClN3/c1-2-6-12-9-13(15)18-14(17-12)16-10-11-7-4-3-5-8-11/h3-5,7-9H,2,6,10H2,1H3,(H,16,17,18). The van der Waals surface area contributed by atoms with E-state index in [0.29, 0.717) is 17.6 Å². The molecule has 0 aliphatic heterocycles. The van der Waals surface area contributed by atoms with Crippen LogP contribution in [0, 0.1) is 0 Å². The first kappa shape index (κ1) is 12.8. The highest BCUT2D eigenvalue weighted by atomic mass is 35.5. The van der Waals surface area contributed by atoms with Crippen molar-refractivity contribution in [3.05, 3.63) is 52.8 Å². The zero-order valence-electron chi connectivity index (χ0n) is 10.4. The quantitative estimate of drug-likeness (QED) is 0.834. The van der Waals surface area contributed by atoms with Gasteiger partial charge in [0.25, 0.3) is 0 Å². The lowest BCUT2D eigenvalue weighted by molar-refractivity contribution is 0.870. The van der Waals surface area contributed by atoms with Gasteiger partial charge in [-0.25, -0.2) is 9.97 Å². The van der Waals surface area contributed by atoms with Crippen molar-refractivity contribution in [1.29, 1.82) is 0 Å². The Balaban J connectivity index is 2.05. The van der Waals surface area contributed by atoms with Crippen LogP contribution in [0.3, 0.4) is 0 Å². The molecule has 0 amide bonds. The Labute approximate surface area is 112 Å². The van der Waals surface area contributed by atoms with Gasteiger partial charge in [0.1, 0.15) is 5.15 Å². The fourth-order valence-electron chi connectivity index (χ4n) is 1.70. The van der Waals surface area contributed by atoms with E-state index in [-0.39, 0.29) is 0 Å². The summed E-state index contributed by atoms with van der Waals surface area (Å²) in [6.45, 7) is 2.82. The van der Waals surface area contributed by atoms with E-state index in [9.17, 15) is 0 Å². The van der Waals surface area contributed by atoms with E-state index in [0.717, 1.165) is 18.5 Å². The molecule has 18 heavy (non-hydrogen) atoms. The van der Waals surface area contributed by atoms with Gasteiger partial charge in [-0.05, 0) is 18.1 Å². The van der Waals surface area contributed by atoms with Gasteiger partial charge in [0.05, 0.1) is 0 Å². The Hall–Kier alpha value is -1.61. The number of anilines is 1. The fraction of sp³-hybridized carbons (Fsp3) is 0.286. The first-order valence-corrected chi connectivity index (χ1v) is 6.47. The highest BCUT2D eigenvalue weighted by Crippen LogP contribution is 2.12. The number of hydrogen-bond acceptors (Lipinski definition) is 3.